The van der Waals surface area contributed by atoms with Gasteiger partial charge in [0.1, 0.15) is 23.5 Å². The molecule has 0 radical (unpaired) electrons. The van der Waals surface area contributed by atoms with Gasteiger partial charge < -0.3 is 9.64 Å². The average Bonchev–Trinajstić information content (AvgIpc) is 2.28. The Bertz CT molecular complexity index is 381. The predicted octanol–water partition coefficient (Wildman–Crippen LogP) is 3.22. The zero-order chi connectivity index (χ0) is 13.1. The van der Waals surface area contributed by atoms with E-state index >= 15 is 0 Å². The molecule has 0 saturated carbocycles. The third-order valence-corrected chi connectivity index (χ3v) is 3.35. The van der Waals surface area contributed by atoms with Gasteiger partial charge in [0.25, 0.3) is 0 Å². The first-order chi connectivity index (χ1) is 8.54. The van der Waals surface area contributed by atoms with E-state index in [-0.39, 0.29) is 11.9 Å². The van der Waals surface area contributed by atoms with Crippen molar-refractivity contribution in [2.45, 2.75) is 38.8 Å². The molecule has 1 heterocycles. The Balaban J connectivity index is 1.91. The number of nitrogens with zero attached hydrogens (tertiary/aromatic N) is 1. The fourth-order valence-corrected chi connectivity index (χ4v) is 2.30. The minimum Gasteiger partial charge on any atom is -0.490 e. The molecule has 2 nitrogen and oxygen atoms in total. The van der Waals surface area contributed by atoms with Crippen molar-refractivity contribution in [3.05, 3.63) is 29.8 Å². The fraction of sp³-hybridized carbons (Fsp3) is 0.571. The highest BCUT2D eigenvalue weighted by atomic mass is 19.1. The molecule has 1 aromatic carbocycles. The van der Waals surface area contributed by atoms with E-state index < -0.39 is 11.6 Å². The number of piperidine rings is 1. The van der Waals surface area contributed by atoms with Crippen LogP contribution in [0.15, 0.2) is 18.2 Å². The van der Waals surface area contributed by atoms with Crippen LogP contribution in [0.1, 0.15) is 26.7 Å². The van der Waals surface area contributed by atoms with Crippen LogP contribution in [-0.4, -0.2) is 30.1 Å². The van der Waals surface area contributed by atoms with Crippen LogP contribution in [0.5, 0.6) is 5.75 Å². The lowest BCUT2D eigenvalue weighted by molar-refractivity contribution is 0.0839. The summed E-state index contributed by atoms with van der Waals surface area (Å²) < 4.78 is 31.7. The largest absolute Gasteiger partial charge is 0.490 e. The third-order valence-electron chi connectivity index (χ3n) is 3.35. The van der Waals surface area contributed by atoms with Crippen LogP contribution >= 0.6 is 0 Å². The average molecular weight is 255 g/mol. The minimum absolute atomic E-state index is 0.0567. The van der Waals surface area contributed by atoms with Crippen LogP contribution in [-0.2, 0) is 0 Å². The molecule has 4 heteroatoms. The van der Waals surface area contributed by atoms with E-state index in [9.17, 15) is 8.78 Å². The topological polar surface area (TPSA) is 12.5 Å². The number of benzene rings is 1. The zero-order valence-electron chi connectivity index (χ0n) is 10.8. The number of hydrogen-bond acceptors (Lipinski definition) is 2. The van der Waals surface area contributed by atoms with Gasteiger partial charge >= 0.3 is 0 Å². The predicted molar refractivity (Wildman–Crippen MR) is 66.7 cm³/mol. The Morgan fingerprint density at radius 1 is 1.11 bits per heavy atom. The Hall–Kier alpha value is -1.16. The van der Waals surface area contributed by atoms with Crippen LogP contribution < -0.4 is 4.74 Å². The standard InChI is InChI=1S/C14H19F2NO/c1-10(2)17-5-3-13(4-6-17)18-14-8-11(15)7-12(16)9-14/h7-10,13H,3-6H2,1-2H3. The molecule has 1 aliphatic rings. The minimum atomic E-state index is -0.593. The fourth-order valence-electron chi connectivity index (χ4n) is 2.30. The molecule has 0 unspecified atom stereocenters. The van der Waals surface area contributed by atoms with Crippen LogP contribution in [0.3, 0.4) is 0 Å². The van der Waals surface area contributed by atoms with E-state index in [2.05, 4.69) is 18.7 Å². The summed E-state index contributed by atoms with van der Waals surface area (Å²) in [5.74, 6) is -0.898. The Labute approximate surface area is 107 Å². The number of hydrogen-bond donors (Lipinski definition) is 0. The van der Waals surface area contributed by atoms with Crippen LogP contribution in [0.4, 0.5) is 8.78 Å². The normalized spacial score (nSPS) is 18.3. The van der Waals surface area contributed by atoms with E-state index in [0.29, 0.717) is 6.04 Å². The summed E-state index contributed by atoms with van der Waals surface area (Å²) in [5, 5.41) is 0. The second kappa shape index (κ2) is 5.65. The van der Waals surface area contributed by atoms with E-state index in [1.807, 2.05) is 0 Å². The molecule has 0 atom stereocenters. The maximum atomic E-state index is 13.0. The maximum absolute atomic E-state index is 13.0. The van der Waals surface area contributed by atoms with Crippen LogP contribution in [0.25, 0.3) is 0 Å². The molecule has 0 aliphatic carbocycles. The summed E-state index contributed by atoms with van der Waals surface area (Å²) in [5.41, 5.74) is 0. The Kier molecular flexibility index (Phi) is 4.17. The molecule has 0 aromatic heterocycles. The molecule has 18 heavy (non-hydrogen) atoms. The van der Waals surface area contributed by atoms with Crippen molar-refractivity contribution < 1.29 is 13.5 Å². The van der Waals surface area contributed by atoms with Gasteiger partial charge in [-0.2, -0.15) is 0 Å². The van der Waals surface area contributed by atoms with Gasteiger partial charge in [0.2, 0.25) is 0 Å². The Morgan fingerprint density at radius 3 is 2.17 bits per heavy atom. The maximum Gasteiger partial charge on any atom is 0.129 e. The molecule has 1 saturated heterocycles. The number of ether oxygens (including phenoxy) is 1. The lowest BCUT2D eigenvalue weighted by Gasteiger charge is -2.34. The highest BCUT2D eigenvalue weighted by molar-refractivity contribution is 5.24. The second-order valence-corrected chi connectivity index (χ2v) is 5.05. The second-order valence-electron chi connectivity index (χ2n) is 5.05. The Morgan fingerprint density at radius 2 is 1.67 bits per heavy atom. The van der Waals surface area contributed by atoms with Crippen LogP contribution in [0.2, 0.25) is 0 Å². The molecule has 2 rings (SSSR count). The zero-order valence-corrected chi connectivity index (χ0v) is 10.8. The number of halogens is 2. The smallest absolute Gasteiger partial charge is 0.129 e. The monoisotopic (exact) mass is 255 g/mol. The van der Waals surface area contributed by atoms with Gasteiger partial charge in [-0.15, -0.1) is 0 Å². The van der Waals surface area contributed by atoms with Crippen molar-refractivity contribution in [3.8, 4) is 5.75 Å². The quantitative estimate of drug-likeness (QED) is 0.822. The summed E-state index contributed by atoms with van der Waals surface area (Å²) in [4.78, 5) is 2.38. The molecule has 1 aliphatic heterocycles. The summed E-state index contributed by atoms with van der Waals surface area (Å²) in [6.45, 7) is 6.28. The van der Waals surface area contributed by atoms with E-state index in [0.717, 1.165) is 32.0 Å². The van der Waals surface area contributed by atoms with Gasteiger partial charge in [0.15, 0.2) is 0 Å². The van der Waals surface area contributed by atoms with Gasteiger partial charge in [-0.05, 0) is 26.7 Å². The summed E-state index contributed by atoms with van der Waals surface area (Å²) in [7, 11) is 0. The van der Waals surface area contributed by atoms with Crippen LogP contribution in [0, 0.1) is 11.6 Å². The van der Waals surface area contributed by atoms with Gasteiger partial charge in [0.05, 0.1) is 0 Å². The first-order valence-corrected chi connectivity index (χ1v) is 6.41. The van der Waals surface area contributed by atoms with Gasteiger partial charge in [-0.1, -0.05) is 0 Å². The SMILES string of the molecule is CC(C)N1CCC(Oc2cc(F)cc(F)c2)CC1. The molecule has 0 amide bonds. The number of rotatable bonds is 3. The number of likely N-dealkylation sites (tertiary alicyclic amines) is 1. The van der Waals surface area contributed by atoms with Crippen molar-refractivity contribution in [2.24, 2.45) is 0 Å². The van der Waals surface area contributed by atoms with E-state index in [4.69, 9.17) is 4.74 Å². The van der Waals surface area contributed by atoms with Crippen molar-refractivity contribution in [2.75, 3.05) is 13.1 Å². The van der Waals surface area contributed by atoms with Gasteiger partial charge in [-0.3, -0.25) is 0 Å². The van der Waals surface area contributed by atoms with Gasteiger partial charge in [0, 0.05) is 37.3 Å². The molecule has 0 bridgehead atoms. The van der Waals surface area contributed by atoms with E-state index in [1.54, 1.807) is 0 Å². The van der Waals surface area contributed by atoms with Gasteiger partial charge in [-0.25, -0.2) is 8.78 Å². The molecule has 1 fully saturated rings. The summed E-state index contributed by atoms with van der Waals surface area (Å²) in [6, 6.07) is 3.86. The lowest BCUT2D eigenvalue weighted by Crippen LogP contribution is -2.41. The molecule has 1 aromatic rings. The first kappa shape index (κ1) is 13.3. The van der Waals surface area contributed by atoms with E-state index in [1.165, 1.54) is 12.1 Å². The third kappa shape index (κ3) is 3.42. The molecule has 0 N–H and O–H groups in total. The molecular formula is C14H19F2NO. The summed E-state index contributed by atoms with van der Waals surface area (Å²) in [6.07, 6.45) is 1.85. The highest BCUT2D eigenvalue weighted by Crippen LogP contribution is 2.21. The first-order valence-electron chi connectivity index (χ1n) is 6.41. The lowest BCUT2D eigenvalue weighted by atomic mass is 10.1. The molecular weight excluding hydrogens is 236 g/mol. The van der Waals surface area contributed by atoms with Crippen molar-refractivity contribution in [1.29, 1.82) is 0 Å². The summed E-state index contributed by atoms with van der Waals surface area (Å²) >= 11 is 0. The van der Waals surface area contributed by atoms with Crippen molar-refractivity contribution in [3.63, 3.8) is 0 Å². The van der Waals surface area contributed by atoms with Crippen molar-refractivity contribution in [1.82, 2.24) is 4.90 Å². The molecule has 100 valence electrons. The molecule has 0 spiro atoms. The van der Waals surface area contributed by atoms with Crippen molar-refractivity contribution >= 4 is 0 Å². The highest BCUT2D eigenvalue weighted by Gasteiger charge is 2.22.